The summed E-state index contributed by atoms with van der Waals surface area (Å²) in [5.41, 5.74) is 5.33. The van der Waals surface area contributed by atoms with Crippen molar-refractivity contribution < 1.29 is 18.5 Å². The Morgan fingerprint density at radius 1 is 1.12 bits per heavy atom. The molecule has 1 amide bonds. The van der Waals surface area contributed by atoms with Crippen LogP contribution in [0.25, 0.3) is 38.4 Å². The maximum atomic E-state index is 12.5. The van der Waals surface area contributed by atoms with Gasteiger partial charge in [0, 0.05) is 34.2 Å². The van der Waals surface area contributed by atoms with Crippen LogP contribution in [0.1, 0.15) is 25.0 Å². The molecule has 2 heterocycles. The SMILES string of the molecule is CCOc1c(/C(C)=C/C(=O)Nc2ccon2)cc2c(-c3ccc4ccccc4c3)coc2c1C. The van der Waals surface area contributed by atoms with Crippen molar-refractivity contribution in [2.75, 3.05) is 11.9 Å². The normalized spacial score (nSPS) is 11.8. The number of allylic oxidation sites excluding steroid dienone is 1. The van der Waals surface area contributed by atoms with Gasteiger partial charge in [-0.1, -0.05) is 41.6 Å². The highest BCUT2D eigenvalue weighted by molar-refractivity contribution is 6.06. The Morgan fingerprint density at radius 3 is 2.71 bits per heavy atom. The van der Waals surface area contributed by atoms with Crippen molar-refractivity contribution >= 4 is 39.0 Å². The van der Waals surface area contributed by atoms with Gasteiger partial charge in [-0.15, -0.1) is 0 Å². The standard InChI is InChI=1S/C28H24N2O4/c1-4-32-27-18(3)28-23(15-22(27)17(2)13-26(31)29-25-11-12-34-30-25)24(16-33-28)21-10-9-19-7-5-6-8-20(19)14-21/h5-16H,4H2,1-3H3,(H,29,30,31)/b17-13+. The predicted octanol–water partition coefficient (Wildman–Crippen LogP) is 6.99. The number of ether oxygens (including phenoxy) is 1. The molecule has 0 saturated heterocycles. The number of aromatic nitrogens is 1. The van der Waals surface area contributed by atoms with Gasteiger partial charge in [-0.25, -0.2) is 0 Å². The number of nitrogens with one attached hydrogen (secondary N) is 1. The van der Waals surface area contributed by atoms with Crippen molar-refractivity contribution in [2.45, 2.75) is 20.8 Å². The van der Waals surface area contributed by atoms with Crippen molar-refractivity contribution in [3.8, 4) is 16.9 Å². The molecule has 0 saturated carbocycles. The number of hydrogen-bond acceptors (Lipinski definition) is 5. The van der Waals surface area contributed by atoms with E-state index >= 15 is 0 Å². The number of carbonyl (C=O) groups excluding carboxylic acids is 1. The molecule has 0 aliphatic rings. The van der Waals surface area contributed by atoms with Gasteiger partial charge in [0.15, 0.2) is 5.82 Å². The van der Waals surface area contributed by atoms with E-state index in [0.29, 0.717) is 18.2 Å². The van der Waals surface area contributed by atoms with Crippen LogP contribution in [0.4, 0.5) is 5.82 Å². The first-order valence-corrected chi connectivity index (χ1v) is 11.1. The van der Waals surface area contributed by atoms with Gasteiger partial charge < -0.3 is 19.0 Å². The van der Waals surface area contributed by atoms with E-state index in [-0.39, 0.29) is 5.91 Å². The van der Waals surface area contributed by atoms with Gasteiger partial charge in [0.05, 0.1) is 12.9 Å². The van der Waals surface area contributed by atoms with E-state index in [2.05, 4.69) is 40.8 Å². The lowest BCUT2D eigenvalue weighted by molar-refractivity contribution is -0.111. The molecule has 170 valence electrons. The van der Waals surface area contributed by atoms with Gasteiger partial charge in [-0.2, -0.15) is 0 Å². The number of fused-ring (bicyclic) bond motifs is 2. The summed E-state index contributed by atoms with van der Waals surface area (Å²) < 4.78 is 16.8. The Balaban J connectivity index is 1.62. The Kier molecular flexibility index (Phi) is 5.64. The largest absolute Gasteiger partial charge is 0.493 e. The van der Waals surface area contributed by atoms with Crippen LogP contribution < -0.4 is 10.1 Å². The van der Waals surface area contributed by atoms with Crippen LogP contribution in [0, 0.1) is 6.92 Å². The number of hydrogen-bond donors (Lipinski definition) is 1. The molecule has 2 aromatic heterocycles. The minimum atomic E-state index is -0.298. The van der Waals surface area contributed by atoms with E-state index in [1.165, 1.54) is 17.7 Å². The fourth-order valence-corrected chi connectivity index (χ4v) is 4.23. The molecular formula is C28H24N2O4. The zero-order valence-corrected chi connectivity index (χ0v) is 19.2. The smallest absolute Gasteiger partial charge is 0.249 e. The lowest BCUT2D eigenvalue weighted by Gasteiger charge is -2.15. The van der Waals surface area contributed by atoms with Gasteiger partial charge in [-0.05, 0) is 54.8 Å². The third kappa shape index (κ3) is 3.94. The lowest BCUT2D eigenvalue weighted by Crippen LogP contribution is -2.09. The highest BCUT2D eigenvalue weighted by Crippen LogP contribution is 2.41. The number of carbonyl (C=O) groups is 1. The lowest BCUT2D eigenvalue weighted by atomic mass is 9.95. The third-order valence-corrected chi connectivity index (χ3v) is 5.85. The van der Waals surface area contributed by atoms with Crippen LogP contribution in [0.3, 0.4) is 0 Å². The number of amides is 1. The zero-order valence-electron chi connectivity index (χ0n) is 19.2. The summed E-state index contributed by atoms with van der Waals surface area (Å²) in [6.45, 7) is 6.30. The average Bonchev–Trinajstić information content (AvgIpc) is 3.50. The van der Waals surface area contributed by atoms with Crippen molar-refractivity contribution in [3.05, 3.63) is 84.3 Å². The van der Waals surface area contributed by atoms with Gasteiger partial charge in [-0.3, -0.25) is 4.79 Å². The maximum Gasteiger partial charge on any atom is 0.249 e. The van der Waals surface area contributed by atoms with Crippen molar-refractivity contribution in [3.63, 3.8) is 0 Å². The van der Waals surface area contributed by atoms with Crippen LogP contribution in [-0.4, -0.2) is 17.7 Å². The van der Waals surface area contributed by atoms with Crippen LogP contribution in [0.15, 0.2) is 82.1 Å². The zero-order chi connectivity index (χ0) is 23.7. The maximum absolute atomic E-state index is 12.5. The van der Waals surface area contributed by atoms with Crippen LogP contribution in [0.5, 0.6) is 5.75 Å². The number of rotatable bonds is 6. The number of anilines is 1. The van der Waals surface area contributed by atoms with Crippen molar-refractivity contribution in [2.24, 2.45) is 0 Å². The second-order valence-electron chi connectivity index (χ2n) is 8.10. The minimum Gasteiger partial charge on any atom is -0.493 e. The molecule has 0 fully saturated rings. The second-order valence-corrected chi connectivity index (χ2v) is 8.10. The summed E-state index contributed by atoms with van der Waals surface area (Å²) in [4.78, 5) is 12.5. The minimum absolute atomic E-state index is 0.298. The molecule has 3 aromatic carbocycles. The molecule has 0 bridgehead atoms. The van der Waals surface area contributed by atoms with Crippen LogP contribution in [-0.2, 0) is 4.79 Å². The van der Waals surface area contributed by atoms with Crippen molar-refractivity contribution in [1.29, 1.82) is 0 Å². The third-order valence-electron chi connectivity index (χ3n) is 5.85. The second kappa shape index (κ2) is 8.90. The Bertz CT molecular complexity index is 1530. The molecule has 1 N–H and O–H groups in total. The van der Waals surface area contributed by atoms with E-state index in [9.17, 15) is 4.79 Å². The molecular weight excluding hydrogens is 428 g/mol. The fraction of sp³-hybridized carbons (Fsp3) is 0.143. The molecule has 0 unspecified atom stereocenters. The highest BCUT2D eigenvalue weighted by atomic mass is 16.5. The Hall–Kier alpha value is -4.32. The quantitative estimate of drug-likeness (QED) is 0.281. The van der Waals surface area contributed by atoms with Gasteiger partial charge in [0.2, 0.25) is 5.91 Å². The summed E-state index contributed by atoms with van der Waals surface area (Å²) in [5.74, 6) is 0.769. The number of benzene rings is 3. The van der Waals surface area contributed by atoms with Gasteiger partial charge in [0.1, 0.15) is 17.6 Å². The summed E-state index contributed by atoms with van der Waals surface area (Å²) >= 11 is 0. The first-order chi connectivity index (χ1) is 16.5. The van der Waals surface area contributed by atoms with Crippen LogP contribution >= 0.6 is 0 Å². The molecule has 5 aromatic rings. The first-order valence-electron chi connectivity index (χ1n) is 11.1. The van der Waals surface area contributed by atoms with E-state index in [1.54, 1.807) is 12.3 Å². The van der Waals surface area contributed by atoms with E-state index in [4.69, 9.17) is 13.7 Å². The van der Waals surface area contributed by atoms with Crippen LogP contribution in [0.2, 0.25) is 0 Å². The van der Waals surface area contributed by atoms with E-state index < -0.39 is 0 Å². The van der Waals surface area contributed by atoms with Gasteiger partial charge >= 0.3 is 0 Å². The summed E-state index contributed by atoms with van der Waals surface area (Å²) in [7, 11) is 0. The molecule has 0 spiro atoms. The average molecular weight is 453 g/mol. The van der Waals surface area contributed by atoms with E-state index in [0.717, 1.165) is 44.2 Å². The Labute approximate surface area is 196 Å². The molecule has 0 aliphatic heterocycles. The number of nitrogens with zero attached hydrogens (tertiary/aromatic N) is 1. The molecule has 6 heteroatoms. The summed E-state index contributed by atoms with van der Waals surface area (Å²) in [6, 6.07) is 18.3. The van der Waals surface area contributed by atoms with E-state index in [1.807, 2.05) is 39.0 Å². The molecule has 0 radical (unpaired) electrons. The molecule has 0 atom stereocenters. The molecule has 34 heavy (non-hydrogen) atoms. The fourth-order valence-electron chi connectivity index (χ4n) is 4.23. The molecule has 6 nitrogen and oxygen atoms in total. The topological polar surface area (TPSA) is 77.5 Å². The molecule has 5 rings (SSSR count). The monoisotopic (exact) mass is 452 g/mol. The number of aryl methyl sites for hydroxylation is 1. The predicted molar refractivity (Wildman–Crippen MR) is 134 cm³/mol. The van der Waals surface area contributed by atoms with Crippen molar-refractivity contribution in [1.82, 2.24) is 5.16 Å². The van der Waals surface area contributed by atoms with Gasteiger partial charge in [0.25, 0.3) is 0 Å². The summed E-state index contributed by atoms with van der Waals surface area (Å²) in [5, 5.41) is 9.74. The highest BCUT2D eigenvalue weighted by Gasteiger charge is 2.19. The summed E-state index contributed by atoms with van der Waals surface area (Å²) in [6.07, 6.45) is 4.73. The number of furan rings is 1. The first kappa shape index (κ1) is 21.5. The molecule has 0 aliphatic carbocycles. The Morgan fingerprint density at radius 2 is 1.94 bits per heavy atom.